The van der Waals surface area contributed by atoms with E-state index in [1.165, 1.54) is 11.1 Å². The van der Waals surface area contributed by atoms with Gasteiger partial charge < -0.3 is 4.57 Å². The summed E-state index contributed by atoms with van der Waals surface area (Å²) in [6.07, 6.45) is 6.58. The number of aromatic nitrogens is 2. The van der Waals surface area contributed by atoms with Crippen molar-refractivity contribution >= 4 is 18.2 Å². The lowest BCUT2D eigenvalue weighted by atomic mass is 10.00. The fourth-order valence-electron chi connectivity index (χ4n) is 2.02. The third kappa shape index (κ3) is 4.82. The van der Waals surface area contributed by atoms with E-state index in [-0.39, 0.29) is 18.2 Å². The van der Waals surface area contributed by atoms with Crippen molar-refractivity contribution in [2.24, 2.45) is 0 Å². The van der Waals surface area contributed by atoms with Gasteiger partial charge in [0.1, 0.15) is 0 Å². The van der Waals surface area contributed by atoms with Crippen LogP contribution in [0.1, 0.15) is 37.3 Å². The van der Waals surface area contributed by atoms with Gasteiger partial charge in [-0.05, 0) is 23.5 Å². The molecule has 0 aliphatic carbocycles. The Balaban J connectivity index is 0.00000200. The second-order valence-corrected chi connectivity index (χ2v) is 5.17. The molecule has 0 amide bonds. The molecule has 0 unspecified atom stereocenters. The zero-order chi connectivity index (χ0) is 13.7. The number of hydrogen-bond donors (Lipinski definition) is 0. The van der Waals surface area contributed by atoms with Gasteiger partial charge in [-0.2, -0.15) is 0 Å². The van der Waals surface area contributed by atoms with Gasteiger partial charge in [0.05, 0.1) is 12.9 Å². The number of imidazole rings is 1. The summed E-state index contributed by atoms with van der Waals surface area (Å²) in [6, 6.07) is 8.56. The largest absolute Gasteiger partial charge is 0.330 e. The summed E-state index contributed by atoms with van der Waals surface area (Å²) in [4.78, 5) is 15.7. The highest BCUT2D eigenvalue weighted by molar-refractivity contribution is 5.85. The summed E-state index contributed by atoms with van der Waals surface area (Å²) in [5.41, 5.74) is 2.57. The maximum Gasteiger partial charge on any atom is 0.152 e. The second-order valence-electron chi connectivity index (χ2n) is 5.17. The van der Waals surface area contributed by atoms with Gasteiger partial charge in [0.15, 0.2) is 5.78 Å². The molecule has 0 spiro atoms. The van der Waals surface area contributed by atoms with Gasteiger partial charge in [0.25, 0.3) is 0 Å². The van der Waals surface area contributed by atoms with E-state index >= 15 is 0 Å². The first-order valence-corrected chi connectivity index (χ1v) is 6.71. The Morgan fingerprint density at radius 1 is 1.25 bits per heavy atom. The van der Waals surface area contributed by atoms with Gasteiger partial charge >= 0.3 is 0 Å². The first-order chi connectivity index (χ1) is 9.15. The number of carbonyl (C=O) groups is 1. The topological polar surface area (TPSA) is 34.9 Å². The minimum atomic E-state index is 0. The highest BCUT2D eigenvalue weighted by atomic mass is 35.5. The van der Waals surface area contributed by atoms with Crippen LogP contribution in [-0.4, -0.2) is 15.3 Å². The fourth-order valence-corrected chi connectivity index (χ4v) is 2.02. The monoisotopic (exact) mass is 292 g/mol. The van der Waals surface area contributed by atoms with Crippen molar-refractivity contribution in [1.82, 2.24) is 9.55 Å². The lowest BCUT2D eigenvalue weighted by molar-refractivity contribution is -0.119. The molecule has 0 saturated carbocycles. The molecule has 108 valence electrons. The average Bonchev–Trinajstić information content (AvgIpc) is 2.89. The Bertz CT molecular complexity index is 518. The molecule has 20 heavy (non-hydrogen) atoms. The van der Waals surface area contributed by atoms with Crippen molar-refractivity contribution in [3.63, 3.8) is 0 Å². The lowest BCUT2D eigenvalue weighted by Gasteiger charge is -2.07. The quantitative estimate of drug-likeness (QED) is 0.815. The van der Waals surface area contributed by atoms with Crippen molar-refractivity contribution < 1.29 is 4.79 Å². The third-order valence-electron chi connectivity index (χ3n) is 3.26. The van der Waals surface area contributed by atoms with Gasteiger partial charge in [0.2, 0.25) is 0 Å². The summed E-state index contributed by atoms with van der Waals surface area (Å²) in [5.74, 6) is 0.794. The molecule has 0 saturated heterocycles. The molecule has 1 aromatic carbocycles. The zero-order valence-electron chi connectivity index (χ0n) is 12.0. The highest BCUT2D eigenvalue weighted by Crippen LogP contribution is 2.15. The number of hydrogen-bond acceptors (Lipinski definition) is 2. The van der Waals surface area contributed by atoms with Crippen LogP contribution in [0.5, 0.6) is 0 Å². The molecule has 0 fully saturated rings. The third-order valence-corrected chi connectivity index (χ3v) is 3.26. The summed E-state index contributed by atoms with van der Waals surface area (Å²) in [5, 5.41) is 0. The van der Waals surface area contributed by atoms with Gasteiger partial charge in [-0.1, -0.05) is 38.1 Å². The molecule has 0 atom stereocenters. The Morgan fingerprint density at radius 2 is 1.95 bits per heavy atom. The van der Waals surface area contributed by atoms with Gasteiger partial charge in [-0.15, -0.1) is 12.4 Å². The fraction of sp³-hybridized carbons (Fsp3) is 0.375. The highest BCUT2D eigenvalue weighted by Gasteiger charge is 2.04. The van der Waals surface area contributed by atoms with E-state index in [1.807, 2.05) is 10.8 Å². The molecule has 1 heterocycles. The molecule has 4 heteroatoms. The van der Waals surface area contributed by atoms with E-state index in [1.54, 1.807) is 12.5 Å². The standard InChI is InChI=1S/C16H20N2O.ClH/c1-13(2)15-6-3-14(4-7-15)5-8-16(19)11-18-10-9-17-12-18;/h3-4,6-7,9-10,12-13H,5,8,11H2,1-2H3;1H. The SMILES string of the molecule is CC(C)c1ccc(CCC(=O)Cn2ccnc2)cc1.Cl. The number of benzene rings is 1. The first kappa shape index (κ1) is 16.4. The smallest absolute Gasteiger partial charge is 0.152 e. The van der Waals surface area contributed by atoms with Crippen LogP contribution < -0.4 is 0 Å². The number of nitrogens with zero attached hydrogens (tertiary/aromatic N) is 2. The van der Waals surface area contributed by atoms with Crippen molar-refractivity contribution in [2.45, 2.75) is 39.2 Å². The Morgan fingerprint density at radius 3 is 2.50 bits per heavy atom. The summed E-state index contributed by atoms with van der Waals surface area (Å²) < 4.78 is 1.81. The summed E-state index contributed by atoms with van der Waals surface area (Å²) in [7, 11) is 0. The lowest BCUT2D eigenvalue weighted by Crippen LogP contribution is -2.09. The first-order valence-electron chi connectivity index (χ1n) is 6.71. The van der Waals surface area contributed by atoms with Crippen LogP contribution in [0, 0.1) is 0 Å². The predicted octanol–water partition coefficient (Wildman–Crippen LogP) is 3.63. The van der Waals surface area contributed by atoms with Gasteiger partial charge in [0, 0.05) is 18.8 Å². The molecule has 0 aliphatic heterocycles. The predicted molar refractivity (Wildman–Crippen MR) is 83.3 cm³/mol. The molecular weight excluding hydrogens is 272 g/mol. The number of halogens is 1. The number of carbonyl (C=O) groups excluding carboxylic acids is 1. The van der Waals surface area contributed by atoms with Crippen LogP contribution in [-0.2, 0) is 17.8 Å². The molecule has 1 aromatic heterocycles. The molecule has 0 bridgehead atoms. The van der Waals surface area contributed by atoms with E-state index in [0.29, 0.717) is 18.9 Å². The van der Waals surface area contributed by atoms with E-state index in [9.17, 15) is 4.79 Å². The van der Waals surface area contributed by atoms with E-state index in [2.05, 4.69) is 43.1 Å². The van der Waals surface area contributed by atoms with Crippen LogP contribution in [0.2, 0.25) is 0 Å². The van der Waals surface area contributed by atoms with Crippen molar-refractivity contribution in [1.29, 1.82) is 0 Å². The van der Waals surface area contributed by atoms with Crippen LogP contribution >= 0.6 is 12.4 Å². The van der Waals surface area contributed by atoms with Gasteiger partial charge in [-0.3, -0.25) is 4.79 Å². The molecule has 3 nitrogen and oxygen atoms in total. The number of ketones is 1. The molecule has 2 aromatic rings. The van der Waals surface area contributed by atoms with Gasteiger partial charge in [-0.25, -0.2) is 4.98 Å². The van der Waals surface area contributed by atoms with Crippen LogP contribution in [0.3, 0.4) is 0 Å². The van der Waals surface area contributed by atoms with Crippen LogP contribution in [0.15, 0.2) is 43.0 Å². The van der Waals surface area contributed by atoms with Crippen LogP contribution in [0.25, 0.3) is 0 Å². The Hall–Kier alpha value is -1.61. The Kier molecular flexibility index (Phi) is 6.46. The minimum absolute atomic E-state index is 0. The number of rotatable bonds is 6. The molecule has 2 rings (SSSR count). The van der Waals surface area contributed by atoms with E-state index < -0.39 is 0 Å². The van der Waals surface area contributed by atoms with Crippen LogP contribution in [0.4, 0.5) is 0 Å². The van der Waals surface area contributed by atoms with Crippen molar-refractivity contribution in [3.8, 4) is 0 Å². The van der Waals surface area contributed by atoms with E-state index in [4.69, 9.17) is 0 Å². The van der Waals surface area contributed by atoms with Crippen molar-refractivity contribution in [2.75, 3.05) is 0 Å². The zero-order valence-corrected chi connectivity index (χ0v) is 12.8. The summed E-state index contributed by atoms with van der Waals surface area (Å²) in [6.45, 7) is 4.79. The summed E-state index contributed by atoms with van der Waals surface area (Å²) >= 11 is 0. The molecule has 0 aliphatic rings. The van der Waals surface area contributed by atoms with Crippen molar-refractivity contribution in [3.05, 3.63) is 54.1 Å². The Labute approximate surface area is 126 Å². The maximum absolute atomic E-state index is 11.8. The number of Topliss-reactive ketones (excluding diaryl/α,β-unsaturated/α-hetero) is 1. The molecule has 0 radical (unpaired) electrons. The maximum atomic E-state index is 11.8. The minimum Gasteiger partial charge on any atom is -0.330 e. The molecular formula is C16H21ClN2O. The molecule has 0 N–H and O–H groups in total. The number of aryl methyl sites for hydroxylation is 1. The average molecular weight is 293 g/mol. The van der Waals surface area contributed by atoms with E-state index in [0.717, 1.165) is 6.42 Å². The second kappa shape index (κ2) is 7.85. The normalized spacial score (nSPS) is 10.3.